The van der Waals surface area contributed by atoms with E-state index in [1.54, 1.807) is 24.4 Å². The number of carbonyl (C=O) groups is 1. The van der Waals surface area contributed by atoms with Gasteiger partial charge in [0.2, 0.25) is 5.91 Å². The van der Waals surface area contributed by atoms with Crippen LogP contribution in [0.4, 0.5) is 0 Å². The monoisotopic (exact) mass is 363 g/mol. The van der Waals surface area contributed by atoms with Crippen LogP contribution in [0.25, 0.3) is 5.65 Å². The molecule has 0 radical (unpaired) electrons. The lowest BCUT2D eigenvalue weighted by atomic mass is 9.67. The van der Waals surface area contributed by atoms with E-state index in [2.05, 4.69) is 30.5 Å². The van der Waals surface area contributed by atoms with Crippen LogP contribution in [0, 0.1) is 17.3 Å². The molecule has 0 bridgehead atoms. The van der Waals surface area contributed by atoms with Gasteiger partial charge in [0.25, 0.3) is 10.0 Å². The fourth-order valence-corrected chi connectivity index (χ4v) is 5.41. The van der Waals surface area contributed by atoms with Gasteiger partial charge in [-0.25, -0.2) is 9.71 Å². The second-order valence-electron chi connectivity index (χ2n) is 8.04. The molecule has 1 aliphatic carbocycles. The van der Waals surface area contributed by atoms with Gasteiger partial charge in [-0.15, -0.1) is 0 Å². The molecule has 1 aliphatic rings. The third-order valence-corrected chi connectivity index (χ3v) is 6.21. The van der Waals surface area contributed by atoms with Gasteiger partial charge >= 0.3 is 0 Å². The third-order valence-electron chi connectivity index (χ3n) is 4.86. The zero-order valence-electron chi connectivity index (χ0n) is 14.9. The van der Waals surface area contributed by atoms with Crippen LogP contribution in [0.2, 0.25) is 0 Å². The van der Waals surface area contributed by atoms with Gasteiger partial charge in [0.1, 0.15) is 5.65 Å². The molecule has 7 heteroatoms. The summed E-state index contributed by atoms with van der Waals surface area (Å²) in [6.07, 6.45) is 6.19. The Labute approximate surface area is 148 Å². The number of hydrogen-bond donors (Lipinski definition) is 1. The van der Waals surface area contributed by atoms with Gasteiger partial charge in [0, 0.05) is 12.6 Å². The fraction of sp³-hybridized carbons (Fsp3) is 0.556. The topological polar surface area (TPSA) is 80.5 Å². The predicted octanol–water partition coefficient (Wildman–Crippen LogP) is 2.99. The van der Waals surface area contributed by atoms with E-state index in [1.165, 1.54) is 10.6 Å². The minimum absolute atomic E-state index is 0.0196. The summed E-state index contributed by atoms with van der Waals surface area (Å²) >= 11 is 0. The van der Waals surface area contributed by atoms with Crippen LogP contribution in [0.15, 0.2) is 35.6 Å². The van der Waals surface area contributed by atoms with E-state index in [-0.39, 0.29) is 22.8 Å². The smallest absolute Gasteiger partial charge is 0.281 e. The van der Waals surface area contributed by atoms with Gasteiger partial charge in [-0.05, 0) is 48.6 Å². The summed E-state index contributed by atoms with van der Waals surface area (Å²) in [6, 6.07) is 5.22. The van der Waals surface area contributed by atoms with E-state index in [0.29, 0.717) is 11.6 Å². The lowest BCUT2D eigenvalue weighted by Crippen LogP contribution is -2.35. The average molecular weight is 363 g/mol. The Bertz CT molecular complexity index is 886. The normalized spacial score (nSPS) is 23.5. The molecule has 0 saturated heterocycles. The Hall–Kier alpha value is -1.89. The van der Waals surface area contributed by atoms with Gasteiger partial charge < -0.3 is 0 Å². The maximum Gasteiger partial charge on any atom is 0.281 e. The van der Waals surface area contributed by atoms with Gasteiger partial charge in [-0.3, -0.25) is 9.20 Å². The first-order valence-corrected chi connectivity index (χ1v) is 10.1. The highest BCUT2D eigenvalue weighted by molar-refractivity contribution is 7.90. The lowest BCUT2D eigenvalue weighted by molar-refractivity contribution is -0.120. The minimum Gasteiger partial charge on any atom is -0.289 e. The van der Waals surface area contributed by atoms with E-state index in [0.717, 1.165) is 19.3 Å². The zero-order valence-corrected chi connectivity index (χ0v) is 15.7. The van der Waals surface area contributed by atoms with Crippen molar-refractivity contribution in [2.45, 2.75) is 51.5 Å². The highest BCUT2D eigenvalue weighted by Gasteiger charge is 2.33. The molecule has 2 unspecified atom stereocenters. The second-order valence-corrected chi connectivity index (χ2v) is 9.67. The number of aromatic nitrogens is 2. The summed E-state index contributed by atoms with van der Waals surface area (Å²) in [5, 5.41) is -0.0196. The number of sulfonamides is 1. The second kappa shape index (κ2) is 6.44. The Morgan fingerprint density at radius 1 is 1.36 bits per heavy atom. The molecule has 1 N–H and O–H groups in total. The Kier molecular flexibility index (Phi) is 4.62. The van der Waals surface area contributed by atoms with Crippen LogP contribution in [0.1, 0.15) is 46.5 Å². The van der Waals surface area contributed by atoms with Crippen molar-refractivity contribution >= 4 is 21.6 Å². The first-order valence-electron chi connectivity index (χ1n) is 8.64. The van der Waals surface area contributed by atoms with Crippen molar-refractivity contribution < 1.29 is 13.2 Å². The molecule has 2 aromatic heterocycles. The maximum absolute atomic E-state index is 12.6. The first kappa shape index (κ1) is 17.9. The van der Waals surface area contributed by atoms with E-state index in [4.69, 9.17) is 0 Å². The molecule has 2 heterocycles. The van der Waals surface area contributed by atoms with Crippen molar-refractivity contribution in [1.82, 2.24) is 14.1 Å². The van der Waals surface area contributed by atoms with Gasteiger partial charge in [0.15, 0.2) is 5.03 Å². The number of nitrogens with one attached hydrogen (secondary N) is 1. The number of carbonyl (C=O) groups excluding carboxylic acids is 1. The van der Waals surface area contributed by atoms with E-state index in [1.807, 2.05) is 0 Å². The summed E-state index contributed by atoms with van der Waals surface area (Å²) in [4.78, 5) is 16.4. The van der Waals surface area contributed by atoms with Crippen LogP contribution in [-0.2, 0) is 14.8 Å². The molecular formula is C18H25N3O3S. The third kappa shape index (κ3) is 4.03. The van der Waals surface area contributed by atoms with Crippen LogP contribution in [0.5, 0.6) is 0 Å². The number of rotatable bonds is 4. The van der Waals surface area contributed by atoms with Crippen molar-refractivity contribution in [3.05, 3.63) is 30.6 Å². The molecule has 0 spiro atoms. The lowest BCUT2D eigenvalue weighted by Gasteiger charge is -2.38. The van der Waals surface area contributed by atoms with Crippen molar-refractivity contribution in [3.63, 3.8) is 0 Å². The number of hydrogen-bond acceptors (Lipinski definition) is 4. The van der Waals surface area contributed by atoms with E-state index in [9.17, 15) is 13.2 Å². The Morgan fingerprint density at radius 2 is 2.12 bits per heavy atom. The largest absolute Gasteiger partial charge is 0.289 e. The molecule has 2 aromatic rings. The summed E-state index contributed by atoms with van der Waals surface area (Å²) in [5.41, 5.74) is 0.724. The molecule has 0 aromatic carbocycles. The van der Waals surface area contributed by atoms with Crippen LogP contribution in [-0.4, -0.2) is 23.7 Å². The SMILES string of the molecule is CC1CC(CC(=O)NS(=O)(=O)c2cnc3ccccn23)CC(C)(C)C1. The standard InChI is InChI=1S/C18H25N3O3S/c1-13-8-14(11-18(2,3)10-13)9-16(22)20-25(23,24)17-12-19-15-6-4-5-7-21(15)17/h4-7,12-14H,8-11H2,1-3H3,(H,20,22). The molecule has 2 atom stereocenters. The molecule has 1 saturated carbocycles. The molecule has 1 amide bonds. The average Bonchev–Trinajstić information content (AvgIpc) is 2.88. The number of fused-ring (bicyclic) bond motifs is 1. The minimum atomic E-state index is -3.93. The molecule has 3 rings (SSSR count). The molecule has 0 aliphatic heterocycles. The summed E-state index contributed by atoms with van der Waals surface area (Å²) in [5.74, 6) is 0.328. The quantitative estimate of drug-likeness (QED) is 0.905. The van der Waals surface area contributed by atoms with E-state index >= 15 is 0 Å². The molecular weight excluding hydrogens is 338 g/mol. The van der Waals surface area contributed by atoms with Crippen molar-refractivity contribution in [2.24, 2.45) is 17.3 Å². The zero-order chi connectivity index (χ0) is 18.2. The maximum atomic E-state index is 12.6. The van der Waals surface area contributed by atoms with Crippen LogP contribution < -0.4 is 4.72 Å². The Balaban J connectivity index is 1.72. The van der Waals surface area contributed by atoms with Crippen molar-refractivity contribution in [1.29, 1.82) is 0 Å². The van der Waals surface area contributed by atoms with Crippen molar-refractivity contribution in [2.75, 3.05) is 0 Å². The first-order chi connectivity index (χ1) is 11.7. The number of pyridine rings is 1. The summed E-state index contributed by atoms with van der Waals surface area (Å²) in [7, 11) is -3.93. The fourth-order valence-electron chi connectivity index (χ4n) is 4.31. The number of imidazole rings is 1. The molecule has 136 valence electrons. The summed E-state index contributed by atoms with van der Waals surface area (Å²) in [6.45, 7) is 6.62. The molecule has 6 nitrogen and oxygen atoms in total. The van der Waals surface area contributed by atoms with E-state index < -0.39 is 15.9 Å². The van der Waals surface area contributed by atoms with Gasteiger partial charge in [-0.2, -0.15) is 8.42 Å². The van der Waals surface area contributed by atoms with Crippen LogP contribution in [0.3, 0.4) is 0 Å². The van der Waals surface area contributed by atoms with Gasteiger partial charge in [-0.1, -0.05) is 26.8 Å². The highest BCUT2D eigenvalue weighted by atomic mass is 32.2. The van der Waals surface area contributed by atoms with Gasteiger partial charge in [0.05, 0.1) is 6.20 Å². The predicted molar refractivity (Wildman–Crippen MR) is 95.4 cm³/mol. The van der Waals surface area contributed by atoms with Crippen LogP contribution >= 0.6 is 0 Å². The number of nitrogens with zero attached hydrogens (tertiary/aromatic N) is 2. The number of amides is 1. The summed E-state index contributed by atoms with van der Waals surface area (Å²) < 4.78 is 28.8. The Morgan fingerprint density at radius 3 is 2.84 bits per heavy atom. The van der Waals surface area contributed by atoms with Crippen molar-refractivity contribution in [3.8, 4) is 0 Å². The molecule has 25 heavy (non-hydrogen) atoms. The highest BCUT2D eigenvalue weighted by Crippen LogP contribution is 2.42. The molecule has 1 fully saturated rings.